The number of hydrogen-bond donors (Lipinski definition) is 1. The predicted octanol–water partition coefficient (Wildman–Crippen LogP) is 4.64. The highest BCUT2D eigenvalue weighted by Crippen LogP contribution is 2.46. The Kier molecular flexibility index (Phi) is 3.72. The van der Waals surface area contributed by atoms with Crippen molar-refractivity contribution in [2.75, 3.05) is 0 Å². The maximum absolute atomic E-state index is 10.9. The molecule has 1 fully saturated rings. The van der Waals surface area contributed by atoms with Crippen molar-refractivity contribution in [2.45, 2.75) is 38.7 Å². The summed E-state index contributed by atoms with van der Waals surface area (Å²) in [5.74, 6) is 0.737. The van der Waals surface area contributed by atoms with E-state index in [1.165, 1.54) is 6.42 Å². The Hall–Kier alpha value is -0.240. The summed E-state index contributed by atoms with van der Waals surface area (Å²) in [6, 6.07) is 5.33. The van der Waals surface area contributed by atoms with E-state index in [4.69, 9.17) is 23.2 Å². The molecule has 1 aromatic carbocycles. The standard InChI is InChI=1S/C14H18Cl2O/c1-9-3-4-10(2)14(17,8-9)12-7-11(15)5-6-13(12)16/h5-7,9-10,17H,3-4,8H2,1-2H3. The van der Waals surface area contributed by atoms with Crippen LogP contribution in [0.4, 0.5) is 0 Å². The summed E-state index contributed by atoms with van der Waals surface area (Å²) in [7, 11) is 0. The summed E-state index contributed by atoms with van der Waals surface area (Å²) in [6.07, 6.45) is 2.95. The van der Waals surface area contributed by atoms with Crippen LogP contribution in [0, 0.1) is 11.8 Å². The van der Waals surface area contributed by atoms with Gasteiger partial charge in [-0.3, -0.25) is 0 Å². The van der Waals surface area contributed by atoms with Crippen LogP contribution in [0.25, 0.3) is 0 Å². The van der Waals surface area contributed by atoms with E-state index in [9.17, 15) is 5.11 Å². The molecule has 1 N–H and O–H groups in total. The minimum atomic E-state index is -0.834. The summed E-state index contributed by atoms with van der Waals surface area (Å²) in [5.41, 5.74) is -0.0506. The van der Waals surface area contributed by atoms with Gasteiger partial charge in [-0.1, -0.05) is 43.5 Å². The molecule has 1 aliphatic carbocycles. The molecule has 0 bridgehead atoms. The quantitative estimate of drug-likeness (QED) is 0.790. The Labute approximate surface area is 113 Å². The first-order valence-corrected chi connectivity index (χ1v) is 6.87. The third kappa shape index (κ3) is 2.47. The molecule has 1 nitrogen and oxygen atoms in total. The fraction of sp³-hybridized carbons (Fsp3) is 0.571. The average Bonchev–Trinajstić information content (AvgIpc) is 2.27. The van der Waals surface area contributed by atoms with Crippen molar-refractivity contribution in [1.29, 1.82) is 0 Å². The fourth-order valence-corrected chi connectivity index (χ4v) is 3.27. The number of benzene rings is 1. The zero-order valence-corrected chi connectivity index (χ0v) is 11.7. The Bertz CT molecular complexity index is 419. The zero-order chi connectivity index (χ0) is 12.6. The lowest BCUT2D eigenvalue weighted by molar-refractivity contribution is -0.0626. The maximum Gasteiger partial charge on any atom is 0.0939 e. The first kappa shape index (κ1) is 13.2. The Balaban J connectivity index is 2.45. The molecule has 17 heavy (non-hydrogen) atoms. The topological polar surface area (TPSA) is 20.2 Å². The van der Waals surface area contributed by atoms with Crippen LogP contribution in [0.3, 0.4) is 0 Å². The van der Waals surface area contributed by atoms with Gasteiger partial charge in [0.15, 0.2) is 0 Å². The van der Waals surface area contributed by atoms with Crippen molar-refractivity contribution >= 4 is 23.2 Å². The molecule has 0 heterocycles. The molecule has 94 valence electrons. The predicted molar refractivity (Wildman–Crippen MR) is 72.5 cm³/mol. The lowest BCUT2D eigenvalue weighted by Crippen LogP contribution is -2.39. The van der Waals surface area contributed by atoms with Crippen LogP contribution >= 0.6 is 23.2 Å². The van der Waals surface area contributed by atoms with E-state index in [2.05, 4.69) is 13.8 Å². The highest BCUT2D eigenvalue weighted by atomic mass is 35.5. The zero-order valence-electron chi connectivity index (χ0n) is 10.2. The third-order valence-corrected chi connectivity index (χ3v) is 4.53. The SMILES string of the molecule is CC1CCC(C)C(O)(c2cc(Cl)ccc2Cl)C1. The van der Waals surface area contributed by atoms with Crippen LogP contribution in [-0.4, -0.2) is 5.11 Å². The molecular formula is C14H18Cl2O. The second kappa shape index (κ2) is 4.79. The smallest absolute Gasteiger partial charge is 0.0939 e. The second-order valence-electron chi connectivity index (χ2n) is 5.34. The van der Waals surface area contributed by atoms with Gasteiger partial charge in [0, 0.05) is 15.6 Å². The summed E-state index contributed by atoms with van der Waals surface area (Å²) in [6.45, 7) is 4.26. The minimum absolute atomic E-state index is 0.217. The highest BCUT2D eigenvalue weighted by molar-refractivity contribution is 6.33. The molecule has 3 unspecified atom stereocenters. The van der Waals surface area contributed by atoms with E-state index in [-0.39, 0.29) is 5.92 Å². The van der Waals surface area contributed by atoms with Crippen molar-refractivity contribution in [3.63, 3.8) is 0 Å². The Morgan fingerprint density at radius 2 is 1.94 bits per heavy atom. The first-order valence-electron chi connectivity index (χ1n) is 6.11. The lowest BCUT2D eigenvalue weighted by atomic mass is 9.69. The van der Waals surface area contributed by atoms with Gasteiger partial charge in [0.2, 0.25) is 0 Å². The van der Waals surface area contributed by atoms with Gasteiger partial charge >= 0.3 is 0 Å². The van der Waals surface area contributed by atoms with Gasteiger partial charge in [-0.2, -0.15) is 0 Å². The van der Waals surface area contributed by atoms with Crippen LogP contribution in [0.15, 0.2) is 18.2 Å². The second-order valence-corrected chi connectivity index (χ2v) is 6.18. The van der Waals surface area contributed by atoms with Crippen LogP contribution in [0.1, 0.15) is 38.7 Å². The van der Waals surface area contributed by atoms with Gasteiger partial charge in [-0.05, 0) is 42.9 Å². The summed E-state index contributed by atoms with van der Waals surface area (Å²) in [4.78, 5) is 0. The van der Waals surface area contributed by atoms with E-state index in [0.717, 1.165) is 18.4 Å². The van der Waals surface area contributed by atoms with E-state index in [1.807, 2.05) is 0 Å². The van der Waals surface area contributed by atoms with Crippen molar-refractivity contribution in [3.05, 3.63) is 33.8 Å². The van der Waals surface area contributed by atoms with Gasteiger partial charge in [-0.25, -0.2) is 0 Å². The van der Waals surface area contributed by atoms with Gasteiger partial charge in [0.25, 0.3) is 0 Å². The van der Waals surface area contributed by atoms with Crippen LogP contribution in [0.5, 0.6) is 0 Å². The molecule has 3 atom stereocenters. The number of rotatable bonds is 1. The fourth-order valence-electron chi connectivity index (χ4n) is 2.81. The molecule has 0 spiro atoms. The van der Waals surface area contributed by atoms with Gasteiger partial charge in [0.05, 0.1) is 5.60 Å². The van der Waals surface area contributed by atoms with Crippen LogP contribution in [0.2, 0.25) is 10.0 Å². The van der Waals surface area contributed by atoms with Crippen molar-refractivity contribution in [2.24, 2.45) is 11.8 Å². The molecule has 0 aromatic heterocycles. The van der Waals surface area contributed by atoms with E-state index >= 15 is 0 Å². The van der Waals surface area contributed by atoms with Crippen LogP contribution < -0.4 is 0 Å². The molecule has 3 heteroatoms. The normalized spacial score (nSPS) is 33.7. The van der Waals surface area contributed by atoms with Crippen molar-refractivity contribution in [3.8, 4) is 0 Å². The van der Waals surface area contributed by atoms with E-state index in [0.29, 0.717) is 16.0 Å². The van der Waals surface area contributed by atoms with Crippen molar-refractivity contribution in [1.82, 2.24) is 0 Å². The maximum atomic E-state index is 10.9. The summed E-state index contributed by atoms with van der Waals surface area (Å²) in [5, 5.41) is 12.2. The molecule has 1 aliphatic rings. The largest absolute Gasteiger partial charge is 0.385 e. The first-order chi connectivity index (χ1) is 7.93. The van der Waals surface area contributed by atoms with Gasteiger partial charge in [0.1, 0.15) is 0 Å². The number of hydrogen-bond acceptors (Lipinski definition) is 1. The summed E-state index contributed by atoms with van der Waals surface area (Å²) < 4.78 is 0. The van der Waals surface area contributed by atoms with Gasteiger partial charge in [-0.15, -0.1) is 0 Å². The average molecular weight is 273 g/mol. The molecular weight excluding hydrogens is 255 g/mol. The van der Waals surface area contributed by atoms with Gasteiger partial charge < -0.3 is 5.11 Å². The molecule has 0 amide bonds. The molecule has 0 radical (unpaired) electrons. The monoisotopic (exact) mass is 272 g/mol. The molecule has 1 aromatic rings. The molecule has 0 saturated heterocycles. The molecule has 1 saturated carbocycles. The number of aliphatic hydroxyl groups is 1. The van der Waals surface area contributed by atoms with Crippen LogP contribution in [-0.2, 0) is 5.60 Å². The number of halogens is 2. The Morgan fingerprint density at radius 3 is 2.65 bits per heavy atom. The molecule has 0 aliphatic heterocycles. The summed E-state index contributed by atoms with van der Waals surface area (Å²) >= 11 is 12.2. The Morgan fingerprint density at radius 1 is 1.24 bits per heavy atom. The lowest BCUT2D eigenvalue weighted by Gasteiger charge is -2.42. The molecule has 2 rings (SSSR count). The third-order valence-electron chi connectivity index (χ3n) is 3.96. The van der Waals surface area contributed by atoms with E-state index in [1.54, 1.807) is 18.2 Å². The highest BCUT2D eigenvalue weighted by Gasteiger charge is 2.41. The minimum Gasteiger partial charge on any atom is -0.385 e. The van der Waals surface area contributed by atoms with E-state index < -0.39 is 5.60 Å². The van der Waals surface area contributed by atoms with Crippen molar-refractivity contribution < 1.29 is 5.11 Å².